The molecular weight excluding hydrogens is 256 g/mol. The topological polar surface area (TPSA) is 72.6 Å². The predicted molar refractivity (Wildman–Crippen MR) is 71.4 cm³/mol. The highest BCUT2D eigenvalue weighted by Gasteiger charge is 2.37. The average molecular weight is 279 g/mol. The van der Waals surface area contributed by atoms with Gasteiger partial charge in [0, 0.05) is 6.54 Å². The molecule has 1 aliphatic heterocycles. The second-order valence-electron chi connectivity index (χ2n) is 4.62. The summed E-state index contributed by atoms with van der Waals surface area (Å²) in [6, 6.07) is -0.965. The quantitative estimate of drug-likeness (QED) is 0.777. The fourth-order valence-electron chi connectivity index (χ4n) is 2.10. The lowest BCUT2D eigenvalue weighted by molar-refractivity contribution is -0.151. The van der Waals surface area contributed by atoms with Crippen molar-refractivity contribution >= 4 is 24.3 Å². The summed E-state index contributed by atoms with van der Waals surface area (Å²) in [4.78, 5) is 25.3. The van der Waals surface area contributed by atoms with E-state index < -0.39 is 12.1 Å². The molecule has 0 aromatic rings. The summed E-state index contributed by atoms with van der Waals surface area (Å²) in [6.07, 6.45) is 2.36. The molecule has 0 radical (unpaired) electrons. The molecule has 1 rings (SSSR count). The van der Waals surface area contributed by atoms with E-state index in [1.807, 2.05) is 13.8 Å². The van der Waals surface area contributed by atoms with E-state index >= 15 is 0 Å². The number of carbonyl (C=O) groups is 2. The van der Waals surface area contributed by atoms with Gasteiger partial charge in [0.25, 0.3) is 0 Å². The number of esters is 1. The minimum atomic E-state index is -0.523. The second kappa shape index (κ2) is 7.59. The molecule has 18 heavy (non-hydrogen) atoms. The first-order valence-electron chi connectivity index (χ1n) is 6.16. The van der Waals surface area contributed by atoms with E-state index in [-0.39, 0.29) is 30.2 Å². The number of hydrogen-bond donors (Lipinski definition) is 1. The van der Waals surface area contributed by atoms with Crippen molar-refractivity contribution in [3.05, 3.63) is 0 Å². The fraction of sp³-hybridized carbons (Fsp3) is 0.833. The molecule has 1 fully saturated rings. The number of likely N-dealkylation sites (tertiary alicyclic amines) is 1. The highest BCUT2D eigenvalue weighted by Crippen LogP contribution is 2.21. The summed E-state index contributed by atoms with van der Waals surface area (Å²) in [6.45, 7) is 4.55. The zero-order chi connectivity index (χ0) is 13.0. The van der Waals surface area contributed by atoms with Crippen molar-refractivity contribution in [3.63, 3.8) is 0 Å². The Bertz CT molecular complexity index is 299. The van der Waals surface area contributed by atoms with Gasteiger partial charge in [-0.15, -0.1) is 12.4 Å². The highest BCUT2D eigenvalue weighted by molar-refractivity contribution is 5.88. The lowest BCUT2D eigenvalue weighted by Crippen LogP contribution is -2.50. The third-order valence-electron chi connectivity index (χ3n) is 3.55. The van der Waals surface area contributed by atoms with Gasteiger partial charge in [-0.25, -0.2) is 4.79 Å². The van der Waals surface area contributed by atoms with Crippen LogP contribution in [-0.4, -0.2) is 42.5 Å². The van der Waals surface area contributed by atoms with Crippen LogP contribution in [0.15, 0.2) is 0 Å². The van der Waals surface area contributed by atoms with Crippen LogP contribution in [0.2, 0.25) is 0 Å². The van der Waals surface area contributed by atoms with Crippen molar-refractivity contribution < 1.29 is 14.3 Å². The molecule has 1 aliphatic rings. The first-order valence-corrected chi connectivity index (χ1v) is 6.16. The number of nitrogens with two attached hydrogens (primary N) is 1. The van der Waals surface area contributed by atoms with Crippen molar-refractivity contribution in [1.29, 1.82) is 0 Å². The SMILES string of the molecule is CC[C@H](C)[C@H](N)C(=O)N1CCC[C@H]1C(=O)OC.Cl. The van der Waals surface area contributed by atoms with Crippen molar-refractivity contribution in [1.82, 2.24) is 4.90 Å². The maximum Gasteiger partial charge on any atom is 0.328 e. The Kier molecular flexibility index (Phi) is 7.25. The van der Waals surface area contributed by atoms with Gasteiger partial charge in [0.2, 0.25) is 5.91 Å². The van der Waals surface area contributed by atoms with Crippen LogP contribution in [0.3, 0.4) is 0 Å². The molecule has 1 heterocycles. The maximum absolute atomic E-state index is 12.2. The molecule has 0 aromatic heterocycles. The lowest BCUT2D eigenvalue weighted by Gasteiger charge is -2.27. The van der Waals surface area contributed by atoms with Gasteiger partial charge in [-0.1, -0.05) is 20.3 Å². The van der Waals surface area contributed by atoms with E-state index in [1.165, 1.54) is 7.11 Å². The van der Waals surface area contributed by atoms with Crippen LogP contribution in [0.4, 0.5) is 0 Å². The van der Waals surface area contributed by atoms with E-state index in [9.17, 15) is 9.59 Å². The molecule has 6 heteroatoms. The van der Waals surface area contributed by atoms with E-state index in [2.05, 4.69) is 0 Å². The molecule has 0 spiro atoms. The molecule has 0 bridgehead atoms. The Morgan fingerprint density at radius 1 is 1.50 bits per heavy atom. The zero-order valence-electron chi connectivity index (χ0n) is 11.2. The molecule has 106 valence electrons. The maximum atomic E-state index is 12.2. The zero-order valence-corrected chi connectivity index (χ0v) is 12.0. The van der Waals surface area contributed by atoms with Gasteiger partial charge in [0.05, 0.1) is 13.2 Å². The van der Waals surface area contributed by atoms with Crippen LogP contribution < -0.4 is 5.73 Å². The van der Waals surface area contributed by atoms with Crippen molar-refractivity contribution in [2.24, 2.45) is 11.7 Å². The molecule has 0 saturated carbocycles. The number of methoxy groups -OCH3 is 1. The third kappa shape index (κ3) is 3.59. The molecule has 0 aliphatic carbocycles. The largest absolute Gasteiger partial charge is 0.467 e. The van der Waals surface area contributed by atoms with Gasteiger partial charge in [-0.3, -0.25) is 4.79 Å². The minimum Gasteiger partial charge on any atom is -0.467 e. The standard InChI is InChI=1S/C12H22N2O3.ClH/c1-4-8(2)10(13)11(15)14-7-5-6-9(14)12(16)17-3;/h8-10H,4-7,13H2,1-3H3;1H/t8-,9-,10-;/m0./s1. The summed E-state index contributed by atoms with van der Waals surface area (Å²) in [7, 11) is 1.35. The molecule has 5 nitrogen and oxygen atoms in total. The Labute approximate surface area is 114 Å². The number of halogens is 1. The molecule has 1 saturated heterocycles. The molecule has 0 unspecified atom stereocenters. The monoisotopic (exact) mass is 278 g/mol. The molecule has 1 amide bonds. The summed E-state index contributed by atoms with van der Waals surface area (Å²) < 4.78 is 4.71. The number of carbonyl (C=O) groups excluding carboxylic acids is 2. The Morgan fingerprint density at radius 2 is 2.11 bits per heavy atom. The van der Waals surface area contributed by atoms with Gasteiger partial charge < -0.3 is 15.4 Å². The van der Waals surface area contributed by atoms with Crippen LogP contribution in [0.5, 0.6) is 0 Å². The smallest absolute Gasteiger partial charge is 0.328 e. The Morgan fingerprint density at radius 3 is 2.61 bits per heavy atom. The Hall–Kier alpha value is -0.810. The normalized spacial score (nSPS) is 22.0. The molecule has 3 atom stereocenters. The number of amides is 1. The number of rotatable bonds is 4. The van der Waals surface area contributed by atoms with Crippen LogP contribution in [0.25, 0.3) is 0 Å². The summed E-state index contributed by atoms with van der Waals surface area (Å²) in [5.41, 5.74) is 5.91. The minimum absolute atomic E-state index is 0. The summed E-state index contributed by atoms with van der Waals surface area (Å²) >= 11 is 0. The lowest BCUT2D eigenvalue weighted by atomic mass is 9.98. The van der Waals surface area contributed by atoms with Crippen molar-refractivity contribution in [2.45, 2.75) is 45.2 Å². The van der Waals surface area contributed by atoms with E-state index in [4.69, 9.17) is 10.5 Å². The Balaban J connectivity index is 0.00000289. The summed E-state index contributed by atoms with van der Waals surface area (Å²) in [5, 5.41) is 0. The van der Waals surface area contributed by atoms with Gasteiger partial charge in [-0.2, -0.15) is 0 Å². The van der Waals surface area contributed by atoms with Crippen LogP contribution in [0.1, 0.15) is 33.1 Å². The third-order valence-corrected chi connectivity index (χ3v) is 3.55. The average Bonchev–Trinajstić information content (AvgIpc) is 2.83. The van der Waals surface area contributed by atoms with E-state index in [1.54, 1.807) is 4.90 Å². The number of hydrogen-bond acceptors (Lipinski definition) is 4. The summed E-state index contributed by atoms with van der Waals surface area (Å²) in [5.74, 6) is -0.346. The van der Waals surface area contributed by atoms with E-state index in [0.29, 0.717) is 13.0 Å². The van der Waals surface area contributed by atoms with Crippen LogP contribution in [0, 0.1) is 5.92 Å². The van der Waals surface area contributed by atoms with Gasteiger partial charge in [0.1, 0.15) is 6.04 Å². The van der Waals surface area contributed by atoms with Crippen LogP contribution in [-0.2, 0) is 14.3 Å². The molecule has 0 aromatic carbocycles. The van der Waals surface area contributed by atoms with Gasteiger partial charge >= 0.3 is 5.97 Å². The number of nitrogens with zero attached hydrogens (tertiary/aromatic N) is 1. The van der Waals surface area contributed by atoms with Crippen molar-refractivity contribution in [2.75, 3.05) is 13.7 Å². The highest BCUT2D eigenvalue weighted by atomic mass is 35.5. The molecule has 2 N–H and O–H groups in total. The second-order valence-corrected chi connectivity index (χ2v) is 4.62. The van der Waals surface area contributed by atoms with Gasteiger partial charge in [0.15, 0.2) is 0 Å². The number of ether oxygens (including phenoxy) is 1. The first kappa shape index (κ1) is 17.2. The molecular formula is C12H23ClN2O3. The first-order chi connectivity index (χ1) is 8.02. The van der Waals surface area contributed by atoms with Crippen molar-refractivity contribution in [3.8, 4) is 0 Å². The van der Waals surface area contributed by atoms with Crippen LogP contribution >= 0.6 is 12.4 Å². The van der Waals surface area contributed by atoms with E-state index in [0.717, 1.165) is 12.8 Å². The fourth-order valence-corrected chi connectivity index (χ4v) is 2.10. The van der Waals surface area contributed by atoms with Gasteiger partial charge in [-0.05, 0) is 18.8 Å². The predicted octanol–water partition coefficient (Wildman–Crippen LogP) is 0.946.